The van der Waals surface area contributed by atoms with Gasteiger partial charge in [0.1, 0.15) is 5.60 Å². The Morgan fingerprint density at radius 3 is 2.48 bits per heavy atom. The topological polar surface area (TPSA) is 41.6 Å². The van der Waals surface area contributed by atoms with Crippen LogP contribution in [0.15, 0.2) is 42.5 Å². The van der Waals surface area contributed by atoms with E-state index in [9.17, 15) is 4.79 Å². The molecule has 0 aromatic heterocycles. The molecule has 4 heteroatoms. The average molecular weight is 338 g/mol. The molecule has 2 unspecified atom stereocenters. The SMILES string of the molecule is CC(C)(C)OC(=O)N1CC2C(C1)C2NCc1ccc2ccccc2c1. The summed E-state index contributed by atoms with van der Waals surface area (Å²) in [7, 11) is 0. The predicted molar refractivity (Wildman–Crippen MR) is 99.4 cm³/mol. The molecule has 2 aromatic rings. The minimum absolute atomic E-state index is 0.173. The van der Waals surface area contributed by atoms with E-state index in [-0.39, 0.29) is 6.09 Å². The summed E-state index contributed by atoms with van der Waals surface area (Å²) < 4.78 is 5.46. The number of likely N-dealkylation sites (tertiary alicyclic amines) is 1. The highest BCUT2D eigenvalue weighted by Crippen LogP contribution is 2.45. The van der Waals surface area contributed by atoms with Gasteiger partial charge in [0.2, 0.25) is 0 Å². The summed E-state index contributed by atoms with van der Waals surface area (Å²) in [4.78, 5) is 14.0. The largest absolute Gasteiger partial charge is 0.444 e. The molecule has 4 rings (SSSR count). The molecule has 4 nitrogen and oxygen atoms in total. The minimum Gasteiger partial charge on any atom is -0.444 e. The van der Waals surface area contributed by atoms with Gasteiger partial charge in [-0.15, -0.1) is 0 Å². The Bertz CT molecular complexity index is 784. The second-order valence-electron chi connectivity index (χ2n) is 8.30. The van der Waals surface area contributed by atoms with E-state index in [1.54, 1.807) is 0 Å². The van der Waals surface area contributed by atoms with Gasteiger partial charge in [-0.3, -0.25) is 0 Å². The molecule has 2 aliphatic rings. The van der Waals surface area contributed by atoms with E-state index in [1.165, 1.54) is 16.3 Å². The number of rotatable bonds is 3. The van der Waals surface area contributed by atoms with Crippen LogP contribution in [-0.4, -0.2) is 35.7 Å². The fourth-order valence-electron chi connectivity index (χ4n) is 3.89. The number of hydrogen-bond donors (Lipinski definition) is 1. The third kappa shape index (κ3) is 3.49. The zero-order valence-corrected chi connectivity index (χ0v) is 15.2. The third-order valence-corrected chi connectivity index (χ3v) is 5.20. The fourth-order valence-corrected chi connectivity index (χ4v) is 3.89. The molecule has 1 heterocycles. The third-order valence-electron chi connectivity index (χ3n) is 5.20. The Labute approximate surface area is 149 Å². The molecular weight excluding hydrogens is 312 g/mol. The molecular formula is C21H26N2O2. The van der Waals surface area contributed by atoms with Crippen LogP contribution in [0, 0.1) is 11.8 Å². The highest BCUT2D eigenvalue weighted by Gasteiger charge is 2.56. The van der Waals surface area contributed by atoms with Gasteiger partial charge in [-0.05, 0) is 55.0 Å². The maximum atomic E-state index is 12.1. The van der Waals surface area contributed by atoms with E-state index in [0.717, 1.165) is 19.6 Å². The van der Waals surface area contributed by atoms with Crippen LogP contribution in [-0.2, 0) is 11.3 Å². The Hall–Kier alpha value is -2.07. The molecule has 1 aliphatic heterocycles. The van der Waals surface area contributed by atoms with Gasteiger partial charge in [0, 0.05) is 25.7 Å². The molecule has 2 atom stereocenters. The average Bonchev–Trinajstić information content (AvgIpc) is 3.00. The number of amides is 1. The lowest BCUT2D eigenvalue weighted by Crippen LogP contribution is -2.39. The van der Waals surface area contributed by atoms with Crippen molar-refractivity contribution >= 4 is 16.9 Å². The van der Waals surface area contributed by atoms with Gasteiger partial charge in [0.25, 0.3) is 0 Å². The van der Waals surface area contributed by atoms with Crippen LogP contribution in [0.2, 0.25) is 0 Å². The Kier molecular flexibility index (Phi) is 3.95. The fraction of sp³-hybridized carbons (Fsp3) is 0.476. The van der Waals surface area contributed by atoms with Crippen LogP contribution in [0.5, 0.6) is 0 Å². The van der Waals surface area contributed by atoms with Crippen molar-refractivity contribution in [2.75, 3.05) is 13.1 Å². The molecule has 1 aliphatic carbocycles. The second kappa shape index (κ2) is 6.03. The number of nitrogens with zero attached hydrogens (tertiary/aromatic N) is 1. The summed E-state index contributed by atoms with van der Waals surface area (Å²) in [6, 6.07) is 15.6. The quantitative estimate of drug-likeness (QED) is 0.926. The second-order valence-corrected chi connectivity index (χ2v) is 8.30. The van der Waals surface area contributed by atoms with Gasteiger partial charge < -0.3 is 15.0 Å². The number of piperidine rings is 1. The molecule has 0 radical (unpaired) electrons. The molecule has 1 saturated carbocycles. The van der Waals surface area contributed by atoms with Crippen LogP contribution in [0.3, 0.4) is 0 Å². The van der Waals surface area contributed by atoms with Gasteiger partial charge in [0.15, 0.2) is 0 Å². The first kappa shape index (κ1) is 16.4. The van der Waals surface area contributed by atoms with Crippen molar-refractivity contribution in [3.05, 3.63) is 48.0 Å². The van der Waals surface area contributed by atoms with E-state index >= 15 is 0 Å². The summed E-state index contributed by atoms with van der Waals surface area (Å²) in [6.45, 7) is 8.25. The van der Waals surface area contributed by atoms with Crippen molar-refractivity contribution in [2.45, 2.75) is 39.0 Å². The molecule has 25 heavy (non-hydrogen) atoms. The summed E-state index contributed by atoms with van der Waals surface area (Å²) in [5.74, 6) is 1.15. The summed E-state index contributed by atoms with van der Waals surface area (Å²) >= 11 is 0. The lowest BCUT2D eigenvalue weighted by atomic mass is 10.1. The molecule has 2 fully saturated rings. The van der Waals surface area contributed by atoms with Gasteiger partial charge in [-0.1, -0.05) is 36.4 Å². The van der Waals surface area contributed by atoms with E-state index in [0.29, 0.717) is 17.9 Å². The maximum Gasteiger partial charge on any atom is 0.410 e. The normalized spacial score (nSPS) is 25.1. The first-order valence-corrected chi connectivity index (χ1v) is 9.10. The zero-order chi connectivity index (χ0) is 17.6. The molecule has 2 aromatic carbocycles. The van der Waals surface area contributed by atoms with Gasteiger partial charge in [-0.25, -0.2) is 4.79 Å². The molecule has 1 saturated heterocycles. The highest BCUT2D eigenvalue weighted by molar-refractivity contribution is 5.82. The van der Waals surface area contributed by atoms with Gasteiger partial charge >= 0.3 is 6.09 Å². The lowest BCUT2D eigenvalue weighted by Gasteiger charge is -2.26. The number of carbonyl (C=O) groups excluding carboxylic acids is 1. The zero-order valence-electron chi connectivity index (χ0n) is 15.2. The van der Waals surface area contributed by atoms with E-state index in [1.807, 2.05) is 25.7 Å². The van der Waals surface area contributed by atoms with Crippen LogP contribution < -0.4 is 5.32 Å². The van der Waals surface area contributed by atoms with Crippen molar-refractivity contribution in [1.82, 2.24) is 10.2 Å². The van der Waals surface area contributed by atoms with Crippen molar-refractivity contribution in [1.29, 1.82) is 0 Å². The maximum absolute atomic E-state index is 12.1. The summed E-state index contributed by atoms with van der Waals surface area (Å²) in [6.07, 6.45) is -0.173. The molecule has 1 amide bonds. The van der Waals surface area contributed by atoms with Gasteiger partial charge in [0.05, 0.1) is 0 Å². The smallest absolute Gasteiger partial charge is 0.410 e. The first-order chi connectivity index (χ1) is 11.9. The number of carbonyl (C=O) groups is 1. The lowest BCUT2D eigenvalue weighted by molar-refractivity contribution is 0.0269. The first-order valence-electron chi connectivity index (χ1n) is 9.10. The summed E-state index contributed by atoms with van der Waals surface area (Å²) in [5.41, 5.74) is 0.894. The Morgan fingerprint density at radius 2 is 1.80 bits per heavy atom. The number of hydrogen-bond acceptors (Lipinski definition) is 3. The molecule has 0 bridgehead atoms. The van der Waals surface area contributed by atoms with Crippen LogP contribution in [0.25, 0.3) is 10.8 Å². The monoisotopic (exact) mass is 338 g/mol. The van der Waals surface area contributed by atoms with Crippen LogP contribution in [0.4, 0.5) is 4.79 Å². The van der Waals surface area contributed by atoms with Crippen LogP contribution in [0.1, 0.15) is 26.3 Å². The summed E-state index contributed by atoms with van der Waals surface area (Å²) in [5, 5.41) is 6.23. The Balaban J connectivity index is 1.28. The number of ether oxygens (including phenoxy) is 1. The standard InChI is InChI=1S/C21H26N2O2/c1-21(2,3)25-20(24)23-12-17-18(13-23)19(17)22-11-14-8-9-15-6-4-5-7-16(15)10-14/h4-10,17-19,22H,11-13H2,1-3H3. The molecule has 0 spiro atoms. The van der Waals surface area contributed by atoms with Crippen molar-refractivity contribution in [3.8, 4) is 0 Å². The van der Waals surface area contributed by atoms with E-state index in [4.69, 9.17) is 4.74 Å². The number of nitrogens with one attached hydrogen (secondary N) is 1. The van der Waals surface area contributed by atoms with Gasteiger partial charge in [-0.2, -0.15) is 0 Å². The number of benzene rings is 2. The van der Waals surface area contributed by atoms with E-state index in [2.05, 4.69) is 47.8 Å². The number of fused-ring (bicyclic) bond motifs is 2. The highest BCUT2D eigenvalue weighted by atomic mass is 16.6. The molecule has 132 valence electrons. The van der Waals surface area contributed by atoms with Crippen molar-refractivity contribution < 1.29 is 9.53 Å². The van der Waals surface area contributed by atoms with E-state index < -0.39 is 5.60 Å². The molecule has 1 N–H and O–H groups in total. The van der Waals surface area contributed by atoms with Crippen molar-refractivity contribution in [2.24, 2.45) is 11.8 Å². The predicted octanol–water partition coefficient (Wildman–Crippen LogP) is 3.79. The van der Waals surface area contributed by atoms with Crippen LogP contribution >= 0.6 is 0 Å². The minimum atomic E-state index is -0.419. The Morgan fingerprint density at radius 1 is 1.12 bits per heavy atom. The van der Waals surface area contributed by atoms with Crippen molar-refractivity contribution in [3.63, 3.8) is 0 Å².